The van der Waals surface area contributed by atoms with Crippen LogP contribution in [0.1, 0.15) is 41.3 Å². The molecule has 1 saturated heterocycles. The second-order valence-electron chi connectivity index (χ2n) is 8.92. The van der Waals surface area contributed by atoms with Crippen LogP contribution in [0.3, 0.4) is 0 Å². The Labute approximate surface area is 257 Å². The molecule has 0 saturated carbocycles. The first-order valence-corrected chi connectivity index (χ1v) is 14.2. The summed E-state index contributed by atoms with van der Waals surface area (Å²) in [6.07, 6.45) is 1.50. The third-order valence-corrected chi connectivity index (χ3v) is 7.19. The van der Waals surface area contributed by atoms with E-state index < -0.39 is 35.8 Å². The van der Waals surface area contributed by atoms with Crippen molar-refractivity contribution >= 4 is 75.7 Å². The molecule has 0 aliphatic carbocycles. The van der Waals surface area contributed by atoms with Crippen LogP contribution in [0, 0.1) is 0 Å². The molecule has 2 N–H and O–H groups in total. The number of thioether (sulfide) groups is 1. The number of rotatable bonds is 11. The molecule has 0 unspecified atom stereocenters. The number of ether oxygens (including phenoxy) is 3. The first kappa shape index (κ1) is 32.9. The standard InChI is InChI=1S/C29H29N3O9S2/c1-4-41-28(38)26(36)32(20-10-8-17(9-11-20)15-22-25(35)31-29(42)43-22)16-18-6-5-7-19(14-18)24(34)30-21(27(37)40-3)12-13-23(33)39-2/h5-11,14-15,21H,4,12-13,16H2,1-3H3,(H,30,34)(H,31,35,42)/b22-15-/t21-/m1/s1. The fourth-order valence-corrected chi connectivity index (χ4v) is 4.94. The second kappa shape index (κ2) is 15.6. The first-order valence-electron chi connectivity index (χ1n) is 12.9. The minimum absolute atomic E-state index is 0.000484. The van der Waals surface area contributed by atoms with E-state index in [9.17, 15) is 28.8 Å². The van der Waals surface area contributed by atoms with E-state index in [0.717, 1.165) is 11.8 Å². The third kappa shape index (κ3) is 9.21. The number of carbonyl (C=O) groups excluding carboxylic acids is 6. The van der Waals surface area contributed by atoms with Gasteiger partial charge >= 0.3 is 23.8 Å². The summed E-state index contributed by atoms with van der Waals surface area (Å²) in [5.74, 6) is -4.17. The lowest BCUT2D eigenvalue weighted by Gasteiger charge is -2.22. The summed E-state index contributed by atoms with van der Waals surface area (Å²) in [6, 6.07) is 11.7. The quantitative estimate of drug-likeness (QED) is 0.124. The highest BCUT2D eigenvalue weighted by Gasteiger charge is 2.27. The van der Waals surface area contributed by atoms with Crippen molar-refractivity contribution in [3.8, 4) is 0 Å². The van der Waals surface area contributed by atoms with Crippen molar-refractivity contribution in [1.82, 2.24) is 10.6 Å². The van der Waals surface area contributed by atoms with Crippen molar-refractivity contribution in [2.45, 2.75) is 32.4 Å². The molecule has 12 nitrogen and oxygen atoms in total. The van der Waals surface area contributed by atoms with Crippen LogP contribution in [-0.4, -0.2) is 66.8 Å². The number of carbonyl (C=O) groups is 6. The SMILES string of the molecule is CCOC(=O)C(=O)N(Cc1cccc(C(=O)N[C@H](CCC(=O)OC)C(=O)OC)c1)c1ccc(/C=C2\SC(=S)NC2=O)cc1. The highest BCUT2D eigenvalue weighted by atomic mass is 32.2. The van der Waals surface area contributed by atoms with Crippen molar-refractivity contribution in [2.75, 3.05) is 25.7 Å². The molecule has 0 radical (unpaired) electrons. The fraction of sp³-hybridized carbons (Fsp3) is 0.276. The van der Waals surface area contributed by atoms with Gasteiger partial charge in [-0.15, -0.1) is 0 Å². The molecule has 14 heteroatoms. The van der Waals surface area contributed by atoms with E-state index in [2.05, 4.69) is 15.4 Å². The first-order chi connectivity index (χ1) is 20.6. The molecular weight excluding hydrogens is 598 g/mol. The zero-order chi connectivity index (χ0) is 31.5. The van der Waals surface area contributed by atoms with E-state index in [0.29, 0.717) is 26.0 Å². The Kier molecular flexibility index (Phi) is 12.0. The molecule has 226 valence electrons. The van der Waals surface area contributed by atoms with E-state index in [1.54, 1.807) is 49.4 Å². The Morgan fingerprint density at radius 1 is 1.07 bits per heavy atom. The van der Waals surface area contributed by atoms with E-state index in [1.807, 2.05) is 0 Å². The van der Waals surface area contributed by atoms with Crippen LogP contribution in [0.25, 0.3) is 6.08 Å². The average molecular weight is 628 g/mol. The number of hydrogen-bond acceptors (Lipinski definition) is 11. The van der Waals surface area contributed by atoms with Gasteiger partial charge in [0.2, 0.25) is 0 Å². The molecule has 1 aliphatic heterocycles. The topological polar surface area (TPSA) is 157 Å². The van der Waals surface area contributed by atoms with Gasteiger partial charge in [-0.25, -0.2) is 9.59 Å². The molecule has 2 aromatic rings. The number of esters is 3. The van der Waals surface area contributed by atoms with Gasteiger partial charge in [0, 0.05) is 17.7 Å². The van der Waals surface area contributed by atoms with Crippen molar-refractivity contribution in [3.63, 3.8) is 0 Å². The average Bonchev–Trinajstić information content (AvgIpc) is 3.33. The van der Waals surface area contributed by atoms with E-state index in [1.165, 1.54) is 31.3 Å². The zero-order valence-corrected chi connectivity index (χ0v) is 25.2. The highest BCUT2D eigenvalue weighted by molar-refractivity contribution is 8.26. The minimum Gasteiger partial charge on any atom is -0.469 e. The lowest BCUT2D eigenvalue weighted by Crippen LogP contribution is -2.42. The van der Waals surface area contributed by atoms with E-state index in [4.69, 9.17) is 21.7 Å². The maximum atomic E-state index is 13.1. The van der Waals surface area contributed by atoms with E-state index in [-0.39, 0.29) is 37.5 Å². The summed E-state index contributed by atoms with van der Waals surface area (Å²) >= 11 is 6.15. The minimum atomic E-state index is -1.10. The normalized spacial score (nSPS) is 14.0. The monoisotopic (exact) mass is 627 g/mol. The summed E-state index contributed by atoms with van der Waals surface area (Å²) in [5, 5.41) is 5.10. The van der Waals surface area contributed by atoms with Crippen LogP contribution in [0.5, 0.6) is 0 Å². The maximum Gasteiger partial charge on any atom is 0.397 e. The summed E-state index contributed by atoms with van der Waals surface area (Å²) in [6.45, 7) is 1.48. The van der Waals surface area contributed by atoms with Crippen molar-refractivity contribution < 1.29 is 43.0 Å². The van der Waals surface area contributed by atoms with Crippen molar-refractivity contribution in [3.05, 3.63) is 70.1 Å². The van der Waals surface area contributed by atoms with Crippen LogP contribution in [0.2, 0.25) is 0 Å². The molecule has 3 rings (SSSR count). The lowest BCUT2D eigenvalue weighted by molar-refractivity contribution is -0.153. The number of amides is 3. The maximum absolute atomic E-state index is 13.1. The van der Waals surface area contributed by atoms with Gasteiger partial charge in [-0.1, -0.05) is 48.2 Å². The number of hydrogen-bond donors (Lipinski definition) is 2. The van der Waals surface area contributed by atoms with Gasteiger partial charge in [-0.2, -0.15) is 0 Å². The highest BCUT2D eigenvalue weighted by Crippen LogP contribution is 2.27. The Morgan fingerprint density at radius 2 is 1.79 bits per heavy atom. The molecule has 0 bridgehead atoms. The van der Waals surface area contributed by atoms with Gasteiger partial charge in [0.25, 0.3) is 11.8 Å². The van der Waals surface area contributed by atoms with Crippen molar-refractivity contribution in [2.24, 2.45) is 0 Å². The molecule has 1 heterocycles. The number of nitrogens with one attached hydrogen (secondary N) is 2. The van der Waals surface area contributed by atoms with Gasteiger partial charge in [-0.05, 0) is 54.8 Å². The molecule has 1 atom stereocenters. The van der Waals surface area contributed by atoms with E-state index >= 15 is 0 Å². The molecule has 0 spiro atoms. The molecule has 2 aromatic carbocycles. The Bertz CT molecular complexity index is 1460. The molecule has 43 heavy (non-hydrogen) atoms. The van der Waals surface area contributed by atoms with Gasteiger partial charge in [0.1, 0.15) is 10.4 Å². The van der Waals surface area contributed by atoms with Crippen LogP contribution >= 0.6 is 24.0 Å². The predicted molar refractivity (Wildman–Crippen MR) is 162 cm³/mol. The molecule has 3 amide bonds. The Balaban J connectivity index is 1.84. The Morgan fingerprint density at radius 3 is 2.40 bits per heavy atom. The Hall–Kier alpha value is -4.56. The molecule has 0 aromatic heterocycles. The van der Waals surface area contributed by atoms with Crippen LogP contribution < -0.4 is 15.5 Å². The molecule has 1 aliphatic rings. The number of methoxy groups -OCH3 is 2. The van der Waals surface area contributed by atoms with Gasteiger partial charge in [0.05, 0.1) is 32.3 Å². The van der Waals surface area contributed by atoms with Crippen LogP contribution in [0.15, 0.2) is 53.4 Å². The predicted octanol–water partition coefficient (Wildman–Crippen LogP) is 2.50. The summed E-state index contributed by atoms with van der Waals surface area (Å²) < 4.78 is 14.6. The van der Waals surface area contributed by atoms with Crippen molar-refractivity contribution in [1.29, 1.82) is 0 Å². The number of nitrogens with zero attached hydrogens (tertiary/aromatic N) is 1. The van der Waals surface area contributed by atoms with Gasteiger partial charge in [0.15, 0.2) is 0 Å². The lowest BCUT2D eigenvalue weighted by atomic mass is 10.1. The molecule has 1 fully saturated rings. The number of benzene rings is 2. The summed E-state index contributed by atoms with van der Waals surface area (Å²) in [4.78, 5) is 75.9. The molecular formula is C29H29N3O9S2. The summed E-state index contributed by atoms with van der Waals surface area (Å²) in [7, 11) is 2.38. The fourth-order valence-electron chi connectivity index (χ4n) is 3.90. The number of thiocarbonyl (C=S) groups is 1. The van der Waals surface area contributed by atoms with Crippen LogP contribution in [0.4, 0.5) is 5.69 Å². The number of anilines is 1. The second-order valence-corrected chi connectivity index (χ2v) is 10.6. The third-order valence-electron chi connectivity index (χ3n) is 6.03. The van der Waals surface area contributed by atoms with Gasteiger partial charge < -0.3 is 24.8 Å². The summed E-state index contributed by atoms with van der Waals surface area (Å²) in [5.41, 5.74) is 1.69. The van der Waals surface area contributed by atoms with Crippen LogP contribution in [-0.2, 0) is 44.7 Å². The van der Waals surface area contributed by atoms with Gasteiger partial charge in [-0.3, -0.25) is 24.1 Å². The smallest absolute Gasteiger partial charge is 0.397 e. The largest absolute Gasteiger partial charge is 0.469 e. The zero-order valence-electron chi connectivity index (χ0n) is 23.5.